The molecule has 4 nitrogen and oxygen atoms in total. The number of hydrogen-bond acceptors (Lipinski definition) is 2. The number of allylic oxidation sites excluding steroid dienone is 2. The Morgan fingerprint density at radius 1 is 1.14 bits per heavy atom. The second kappa shape index (κ2) is 5.94. The molecule has 3 rings (SSSR count). The van der Waals surface area contributed by atoms with Gasteiger partial charge in [-0.1, -0.05) is 41.4 Å². The second-order valence-electron chi connectivity index (χ2n) is 5.80. The van der Waals surface area contributed by atoms with Crippen molar-refractivity contribution in [2.45, 2.75) is 13.0 Å². The lowest BCUT2D eigenvalue weighted by atomic mass is 9.82. The molecule has 0 aromatic heterocycles. The van der Waals surface area contributed by atoms with E-state index in [2.05, 4.69) is 5.32 Å². The molecule has 116 valence electrons. The molecule has 0 spiro atoms. The molecule has 2 N–H and O–H groups in total. The average Bonchev–Trinajstić information content (AvgIpc) is 3.08. The van der Waals surface area contributed by atoms with Crippen LogP contribution in [0.4, 0.5) is 0 Å². The lowest BCUT2D eigenvalue weighted by Gasteiger charge is -2.23. The van der Waals surface area contributed by atoms with Crippen molar-refractivity contribution in [3.8, 4) is 0 Å². The monoisotopic (exact) mass is 339 g/mol. The van der Waals surface area contributed by atoms with Gasteiger partial charge in [-0.05, 0) is 36.0 Å². The van der Waals surface area contributed by atoms with Crippen LogP contribution in [0.1, 0.15) is 12.0 Å². The van der Waals surface area contributed by atoms with Crippen LogP contribution < -0.4 is 5.32 Å². The molecular formula is C16H15Cl2NO3. The molecule has 4 atom stereocenters. The first kappa shape index (κ1) is 15.4. The molecule has 2 aliphatic carbocycles. The molecule has 0 radical (unpaired) electrons. The third-order valence-corrected chi connectivity index (χ3v) is 5.24. The number of hydrogen-bond donors (Lipinski definition) is 2. The molecule has 1 saturated carbocycles. The standard InChI is InChI=1S/C16H15Cl2NO3/c17-11-4-1-8(5-12(11)18)7-19-15(20)13-9-2-3-10(6-9)14(13)16(21)22/h1-5,9-10,13-14H,6-7H2,(H,19,20)(H,21,22)/t9-,10+,13-,14+/m0/s1. The van der Waals surface area contributed by atoms with Gasteiger partial charge in [-0.2, -0.15) is 0 Å². The first-order valence-corrected chi connectivity index (χ1v) is 7.85. The number of rotatable bonds is 4. The maximum Gasteiger partial charge on any atom is 0.307 e. The van der Waals surface area contributed by atoms with Crippen LogP contribution in [0.5, 0.6) is 0 Å². The van der Waals surface area contributed by atoms with Gasteiger partial charge in [-0.3, -0.25) is 9.59 Å². The maximum absolute atomic E-state index is 12.4. The fourth-order valence-electron chi connectivity index (χ4n) is 3.47. The summed E-state index contributed by atoms with van der Waals surface area (Å²) in [7, 11) is 0. The van der Waals surface area contributed by atoms with E-state index in [0.29, 0.717) is 16.6 Å². The van der Waals surface area contributed by atoms with E-state index >= 15 is 0 Å². The summed E-state index contributed by atoms with van der Waals surface area (Å²) in [5, 5.41) is 13.1. The number of halogens is 2. The Morgan fingerprint density at radius 2 is 1.82 bits per heavy atom. The number of nitrogens with one attached hydrogen (secondary N) is 1. The predicted octanol–water partition coefficient (Wildman–Crippen LogP) is 3.13. The summed E-state index contributed by atoms with van der Waals surface area (Å²) >= 11 is 11.8. The number of fused-ring (bicyclic) bond motifs is 2. The van der Waals surface area contributed by atoms with Crippen molar-refractivity contribution in [2.24, 2.45) is 23.7 Å². The third kappa shape index (κ3) is 2.73. The number of aliphatic carboxylic acids is 1. The normalized spacial score (nSPS) is 28.8. The molecule has 0 saturated heterocycles. The Hall–Kier alpha value is -1.52. The summed E-state index contributed by atoms with van der Waals surface area (Å²) in [6.07, 6.45) is 4.64. The van der Waals surface area contributed by atoms with Gasteiger partial charge >= 0.3 is 5.97 Å². The van der Waals surface area contributed by atoms with Gasteiger partial charge in [0.15, 0.2) is 0 Å². The van der Waals surface area contributed by atoms with Gasteiger partial charge in [-0.25, -0.2) is 0 Å². The number of carboxylic acid groups (broad SMARTS) is 1. The lowest BCUT2D eigenvalue weighted by Crippen LogP contribution is -2.39. The zero-order valence-corrected chi connectivity index (χ0v) is 13.1. The van der Waals surface area contributed by atoms with E-state index in [0.717, 1.165) is 12.0 Å². The van der Waals surface area contributed by atoms with E-state index in [1.807, 2.05) is 12.2 Å². The Morgan fingerprint density at radius 3 is 2.45 bits per heavy atom. The zero-order valence-electron chi connectivity index (χ0n) is 11.6. The van der Waals surface area contributed by atoms with Crippen LogP contribution in [0.25, 0.3) is 0 Å². The Kier molecular flexibility index (Phi) is 4.15. The molecule has 0 unspecified atom stereocenters. The number of carbonyl (C=O) groups excluding carboxylic acids is 1. The van der Waals surface area contributed by atoms with Crippen LogP contribution in [0.15, 0.2) is 30.4 Å². The van der Waals surface area contributed by atoms with Gasteiger partial charge in [0.2, 0.25) is 5.91 Å². The van der Waals surface area contributed by atoms with Gasteiger partial charge in [0, 0.05) is 6.54 Å². The highest BCUT2D eigenvalue weighted by atomic mass is 35.5. The number of amides is 1. The predicted molar refractivity (Wildman–Crippen MR) is 83.7 cm³/mol. The minimum atomic E-state index is -0.897. The van der Waals surface area contributed by atoms with Crippen LogP contribution in [-0.4, -0.2) is 17.0 Å². The van der Waals surface area contributed by atoms with E-state index in [1.54, 1.807) is 18.2 Å². The van der Waals surface area contributed by atoms with Crippen molar-refractivity contribution in [1.82, 2.24) is 5.32 Å². The number of carboxylic acids is 1. The summed E-state index contributed by atoms with van der Waals surface area (Å²) in [4.78, 5) is 23.8. The van der Waals surface area contributed by atoms with E-state index in [-0.39, 0.29) is 17.7 Å². The summed E-state index contributed by atoms with van der Waals surface area (Å²) in [5.74, 6) is -2.22. The number of benzene rings is 1. The molecule has 1 aromatic carbocycles. The molecule has 0 aliphatic heterocycles. The first-order chi connectivity index (χ1) is 10.5. The Labute approximate surface area is 138 Å². The van der Waals surface area contributed by atoms with E-state index in [4.69, 9.17) is 23.2 Å². The molecule has 1 amide bonds. The average molecular weight is 340 g/mol. The van der Waals surface area contributed by atoms with Crippen molar-refractivity contribution in [3.05, 3.63) is 46.0 Å². The van der Waals surface area contributed by atoms with Crippen LogP contribution >= 0.6 is 23.2 Å². The summed E-state index contributed by atoms with van der Waals surface area (Å²) in [6.45, 7) is 0.305. The fraction of sp³-hybridized carbons (Fsp3) is 0.375. The molecule has 6 heteroatoms. The smallest absolute Gasteiger partial charge is 0.307 e. The SMILES string of the molecule is O=C(NCc1ccc(Cl)c(Cl)c1)[C@@H]1[C@H](C(=O)O)[C@@H]2C=C[C@H]1C2. The second-order valence-corrected chi connectivity index (χ2v) is 6.62. The molecule has 2 bridgehead atoms. The fourth-order valence-corrected chi connectivity index (χ4v) is 3.79. The summed E-state index contributed by atoms with van der Waals surface area (Å²) in [5.41, 5.74) is 0.827. The van der Waals surface area contributed by atoms with Crippen molar-refractivity contribution < 1.29 is 14.7 Å². The van der Waals surface area contributed by atoms with Crippen LogP contribution in [-0.2, 0) is 16.1 Å². The minimum absolute atomic E-state index is 0.0248. The van der Waals surface area contributed by atoms with Gasteiger partial charge < -0.3 is 10.4 Å². The Balaban J connectivity index is 1.68. The highest BCUT2D eigenvalue weighted by molar-refractivity contribution is 6.42. The van der Waals surface area contributed by atoms with Gasteiger partial charge in [0.1, 0.15) is 0 Å². The largest absolute Gasteiger partial charge is 0.481 e. The molecule has 0 heterocycles. The van der Waals surface area contributed by atoms with Crippen molar-refractivity contribution in [3.63, 3.8) is 0 Å². The molecule has 1 fully saturated rings. The first-order valence-electron chi connectivity index (χ1n) is 7.10. The van der Waals surface area contributed by atoms with E-state index in [1.165, 1.54) is 0 Å². The highest BCUT2D eigenvalue weighted by Crippen LogP contribution is 2.48. The van der Waals surface area contributed by atoms with Gasteiger partial charge in [-0.15, -0.1) is 0 Å². The third-order valence-electron chi connectivity index (χ3n) is 4.50. The summed E-state index contributed by atoms with van der Waals surface area (Å²) < 4.78 is 0. The van der Waals surface area contributed by atoms with Gasteiger partial charge in [0.25, 0.3) is 0 Å². The molecule has 1 aromatic rings. The molecule has 2 aliphatic rings. The molecule has 22 heavy (non-hydrogen) atoms. The van der Waals surface area contributed by atoms with E-state index < -0.39 is 17.8 Å². The topological polar surface area (TPSA) is 66.4 Å². The van der Waals surface area contributed by atoms with Gasteiger partial charge in [0.05, 0.1) is 21.9 Å². The van der Waals surface area contributed by atoms with Crippen LogP contribution in [0, 0.1) is 23.7 Å². The zero-order chi connectivity index (χ0) is 15.9. The van der Waals surface area contributed by atoms with Crippen molar-refractivity contribution >= 4 is 35.1 Å². The van der Waals surface area contributed by atoms with Crippen molar-refractivity contribution in [2.75, 3.05) is 0 Å². The van der Waals surface area contributed by atoms with E-state index in [9.17, 15) is 14.7 Å². The Bertz CT molecular complexity index is 659. The lowest BCUT2D eigenvalue weighted by molar-refractivity contribution is -0.147. The quantitative estimate of drug-likeness (QED) is 0.828. The highest BCUT2D eigenvalue weighted by Gasteiger charge is 2.51. The summed E-state index contributed by atoms with van der Waals surface area (Å²) in [6, 6.07) is 5.15. The van der Waals surface area contributed by atoms with Crippen LogP contribution in [0.2, 0.25) is 10.0 Å². The molecular weight excluding hydrogens is 325 g/mol. The van der Waals surface area contributed by atoms with Crippen LogP contribution in [0.3, 0.4) is 0 Å². The van der Waals surface area contributed by atoms with Crippen molar-refractivity contribution in [1.29, 1.82) is 0 Å². The maximum atomic E-state index is 12.4. The number of carbonyl (C=O) groups is 2. The minimum Gasteiger partial charge on any atom is -0.481 e.